The third-order valence-electron chi connectivity index (χ3n) is 9.04. The molecule has 4 heterocycles. The first-order valence-electron chi connectivity index (χ1n) is 16.1. The molecule has 2 saturated heterocycles. The van der Waals surface area contributed by atoms with Gasteiger partial charge >= 0.3 is 0 Å². The second kappa shape index (κ2) is 14.1. The summed E-state index contributed by atoms with van der Waals surface area (Å²) in [5.41, 5.74) is 9.31. The number of phenols is 1. The lowest BCUT2D eigenvalue weighted by molar-refractivity contribution is -0.137. The number of carbonyl (C=O) groups is 4. The SMILES string of the molecule is Nc1nnc(-c2ccccc2O)cc1N1CCN(C(=O)CCCCCCOc2cccc3c2CN(C2CCC(=O)NC2=O)C3=O)CC1. The first-order valence-corrected chi connectivity index (χ1v) is 16.1. The van der Waals surface area contributed by atoms with Crippen molar-refractivity contribution in [1.82, 2.24) is 25.3 Å². The van der Waals surface area contributed by atoms with Crippen molar-refractivity contribution in [3.05, 3.63) is 59.7 Å². The minimum absolute atomic E-state index is 0.123. The molecule has 1 aromatic heterocycles. The third-order valence-corrected chi connectivity index (χ3v) is 9.04. The summed E-state index contributed by atoms with van der Waals surface area (Å²) < 4.78 is 6.05. The number of para-hydroxylation sites is 1. The highest BCUT2D eigenvalue weighted by Gasteiger charge is 2.40. The lowest BCUT2D eigenvalue weighted by Crippen LogP contribution is -2.52. The standard InChI is InChI=1S/C34H39N7O6/c35-32-27(20-25(37-38-32)23-8-4-5-10-28(23)42)39-15-17-40(18-16-39)31(44)12-3-1-2-6-19-47-29-11-7-9-22-24(29)21-41(34(22)46)26-13-14-30(43)36-33(26)45/h4-5,7-11,20,26,42H,1-3,6,12-19,21H2,(H2,35,38)(H,36,43,45). The number of nitrogens with one attached hydrogen (secondary N) is 1. The van der Waals surface area contributed by atoms with E-state index in [0.717, 1.165) is 36.9 Å². The van der Waals surface area contributed by atoms with Crippen LogP contribution in [0.4, 0.5) is 11.5 Å². The number of anilines is 2. The van der Waals surface area contributed by atoms with Gasteiger partial charge in [-0.2, -0.15) is 0 Å². The fourth-order valence-electron chi connectivity index (χ4n) is 6.43. The van der Waals surface area contributed by atoms with Gasteiger partial charge < -0.3 is 30.3 Å². The number of aromatic hydroxyl groups is 1. The number of imide groups is 1. The lowest BCUT2D eigenvalue weighted by atomic mass is 10.0. The van der Waals surface area contributed by atoms with E-state index < -0.39 is 11.9 Å². The summed E-state index contributed by atoms with van der Waals surface area (Å²) >= 11 is 0. The Morgan fingerprint density at radius 1 is 0.957 bits per heavy atom. The summed E-state index contributed by atoms with van der Waals surface area (Å²) in [6.45, 7) is 3.19. The van der Waals surface area contributed by atoms with Gasteiger partial charge in [0, 0.05) is 55.7 Å². The molecule has 0 bridgehead atoms. The molecular formula is C34H39N7O6. The van der Waals surface area contributed by atoms with Gasteiger partial charge in [-0.15, -0.1) is 10.2 Å². The number of nitrogens with two attached hydrogens (primary N) is 1. The number of nitrogens with zero attached hydrogens (tertiary/aromatic N) is 5. The summed E-state index contributed by atoms with van der Waals surface area (Å²) in [5.74, 6) is 0.251. The molecule has 4 amide bonds. The van der Waals surface area contributed by atoms with Crippen molar-refractivity contribution in [1.29, 1.82) is 0 Å². The van der Waals surface area contributed by atoms with E-state index in [4.69, 9.17) is 10.5 Å². The Balaban J connectivity index is 0.904. The van der Waals surface area contributed by atoms with E-state index in [-0.39, 0.29) is 36.4 Å². The zero-order chi connectivity index (χ0) is 32.9. The predicted octanol–water partition coefficient (Wildman–Crippen LogP) is 2.87. The van der Waals surface area contributed by atoms with Gasteiger partial charge in [-0.25, -0.2) is 0 Å². The highest BCUT2D eigenvalue weighted by molar-refractivity contribution is 6.05. The highest BCUT2D eigenvalue weighted by Crippen LogP contribution is 2.34. The average Bonchev–Trinajstić information content (AvgIpc) is 3.41. The van der Waals surface area contributed by atoms with E-state index in [0.29, 0.717) is 74.0 Å². The van der Waals surface area contributed by atoms with Gasteiger partial charge in [-0.1, -0.05) is 31.0 Å². The second-order valence-electron chi connectivity index (χ2n) is 12.1. The molecule has 13 heteroatoms. The molecule has 3 aliphatic heterocycles. The smallest absolute Gasteiger partial charge is 0.255 e. The average molecular weight is 642 g/mol. The topological polar surface area (TPSA) is 171 Å². The number of hydrogen-bond acceptors (Lipinski definition) is 10. The number of nitrogen functional groups attached to an aromatic ring is 1. The number of hydrogen-bond donors (Lipinski definition) is 3. The molecule has 0 radical (unpaired) electrons. The number of fused-ring (bicyclic) bond motifs is 1. The molecule has 2 aromatic carbocycles. The summed E-state index contributed by atoms with van der Waals surface area (Å²) in [7, 11) is 0. The van der Waals surface area contributed by atoms with Crippen LogP contribution < -0.4 is 20.7 Å². The maximum absolute atomic E-state index is 13.0. The van der Waals surface area contributed by atoms with Crippen molar-refractivity contribution < 1.29 is 29.0 Å². The zero-order valence-electron chi connectivity index (χ0n) is 26.2. The van der Waals surface area contributed by atoms with Crippen LogP contribution in [0.5, 0.6) is 11.5 Å². The number of piperazine rings is 1. The van der Waals surface area contributed by atoms with Crippen molar-refractivity contribution in [2.24, 2.45) is 0 Å². The van der Waals surface area contributed by atoms with Gasteiger partial charge in [0.1, 0.15) is 17.5 Å². The summed E-state index contributed by atoms with van der Waals surface area (Å²) in [6.07, 6.45) is 4.43. The Labute approximate surface area is 272 Å². The van der Waals surface area contributed by atoms with Crippen LogP contribution in [0.2, 0.25) is 0 Å². The van der Waals surface area contributed by atoms with Crippen molar-refractivity contribution in [3.8, 4) is 22.8 Å². The second-order valence-corrected chi connectivity index (χ2v) is 12.1. The van der Waals surface area contributed by atoms with E-state index >= 15 is 0 Å². The number of benzene rings is 2. The van der Waals surface area contributed by atoms with Crippen LogP contribution in [0.3, 0.4) is 0 Å². The molecule has 0 saturated carbocycles. The van der Waals surface area contributed by atoms with E-state index in [1.807, 2.05) is 23.1 Å². The number of phenolic OH excluding ortho intramolecular Hbond substituents is 1. The monoisotopic (exact) mass is 641 g/mol. The number of carbonyl (C=O) groups excluding carboxylic acids is 4. The summed E-state index contributed by atoms with van der Waals surface area (Å²) in [5, 5.41) is 20.8. The molecule has 246 valence electrons. The van der Waals surface area contributed by atoms with Crippen LogP contribution in [0.25, 0.3) is 11.3 Å². The maximum Gasteiger partial charge on any atom is 0.255 e. The number of rotatable bonds is 11. The molecule has 3 aromatic rings. The largest absolute Gasteiger partial charge is 0.507 e. The van der Waals surface area contributed by atoms with Crippen LogP contribution in [0, 0.1) is 0 Å². The van der Waals surface area contributed by atoms with Crippen LogP contribution in [-0.4, -0.2) is 87.6 Å². The van der Waals surface area contributed by atoms with Crippen molar-refractivity contribution in [3.63, 3.8) is 0 Å². The van der Waals surface area contributed by atoms with Crippen LogP contribution in [0.1, 0.15) is 60.9 Å². The third kappa shape index (κ3) is 6.98. The fraction of sp³-hybridized carbons (Fsp3) is 0.412. The zero-order valence-corrected chi connectivity index (χ0v) is 26.2. The minimum Gasteiger partial charge on any atom is -0.507 e. The Morgan fingerprint density at radius 3 is 2.51 bits per heavy atom. The Hall–Kier alpha value is -5.20. The Bertz CT molecular complexity index is 1670. The molecule has 2 fully saturated rings. The minimum atomic E-state index is -0.658. The molecular weight excluding hydrogens is 602 g/mol. The normalized spacial score (nSPS) is 17.9. The van der Waals surface area contributed by atoms with Gasteiger partial charge in [0.2, 0.25) is 17.7 Å². The molecule has 0 aliphatic carbocycles. The first kappa shape index (κ1) is 31.8. The molecule has 13 nitrogen and oxygen atoms in total. The van der Waals surface area contributed by atoms with E-state index in [1.165, 1.54) is 4.90 Å². The quantitative estimate of drug-likeness (QED) is 0.209. The first-order chi connectivity index (χ1) is 22.8. The van der Waals surface area contributed by atoms with Gasteiger partial charge in [-0.05, 0) is 49.6 Å². The molecule has 1 unspecified atom stereocenters. The number of unbranched alkanes of at least 4 members (excludes halogenated alkanes) is 3. The highest BCUT2D eigenvalue weighted by atomic mass is 16.5. The van der Waals surface area contributed by atoms with Crippen molar-refractivity contribution in [2.45, 2.75) is 57.5 Å². The molecule has 0 spiro atoms. The van der Waals surface area contributed by atoms with Gasteiger partial charge in [-0.3, -0.25) is 24.5 Å². The fourth-order valence-corrected chi connectivity index (χ4v) is 6.43. The number of amides is 4. The maximum atomic E-state index is 13.0. The van der Waals surface area contributed by atoms with Crippen LogP contribution in [-0.2, 0) is 20.9 Å². The Morgan fingerprint density at radius 2 is 1.72 bits per heavy atom. The molecule has 6 rings (SSSR count). The van der Waals surface area contributed by atoms with Crippen LogP contribution in [0.15, 0.2) is 48.5 Å². The molecule has 1 atom stereocenters. The van der Waals surface area contributed by atoms with Gasteiger partial charge in [0.15, 0.2) is 5.82 Å². The van der Waals surface area contributed by atoms with Crippen molar-refractivity contribution >= 4 is 35.1 Å². The summed E-state index contributed by atoms with van der Waals surface area (Å²) in [6, 6.07) is 13.5. The molecule has 3 aliphatic rings. The van der Waals surface area contributed by atoms with Gasteiger partial charge in [0.05, 0.1) is 24.5 Å². The Kier molecular flexibility index (Phi) is 9.50. The number of aromatic nitrogens is 2. The van der Waals surface area contributed by atoms with E-state index in [9.17, 15) is 24.3 Å². The summed E-state index contributed by atoms with van der Waals surface area (Å²) in [4.78, 5) is 55.3. The van der Waals surface area contributed by atoms with E-state index in [2.05, 4.69) is 20.4 Å². The van der Waals surface area contributed by atoms with Crippen molar-refractivity contribution in [2.75, 3.05) is 43.4 Å². The molecule has 47 heavy (non-hydrogen) atoms. The lowest BCUT2D eigenvalue weighted by Gasteiger charge is -2.36. The molecule has 4 N–H and O–H groups in total. The van der Waals surface area contributed by atoms with Crippen LogP contribution >= 0.6 is 0 Å². The number of ether oxygens (including phenoxy) is 1. The number of piperidine rings is 1. The van der Waals surface area contributed by atoms with E-state index in [1.54, 1.807) is 30.3 Å². The predicted molar refractivity (Wildman–Crippen MR) is 173 cm³/mol. The van der Waals surface area contributed by atoms with Gasteiger partial charge in [0.25, 0.3) is 5.91 Å².